The normalized spacial score (nSPS) is 19.0. The molecule has 1 aliphatic carbocycles. The molecule has 1 amide bonds. The summed E-state index contributed by atoms with van der Waals surface area (Å²) in [5, 5.41) is 10.7. The zero-order chi connectivity index (χ0) is 19.1. The van der Waals surface area contributed by atoms with E-state index in [2.05, 4.69) is 42.4 Å². The van der Waals surface area contributed by atoms with Crippen molar-refractivity contribution in [3.63, 3.8) is 0 Å². The third-order valence-corrected chi connectivity index (χ3v) is 5.39. The summed E-state index contributed by atoms with van der Waals surface area (Å²) < 4.78 is 1.73. The van der Waals surface area contributed by atoms with E-state index in [-0.39, 0.29) is 0 Å². The fourth-order valence-corrected chi connectivity index (χ4v) is 3.39. The Labute approximate surface area is 161 Å². The fraction of sp³-hybridized carbons (Fsp3) is 0.778. The summed E-state index contributed by atoms with van der Waals surface area (Å²) in [6.07, 6.45) is 4.93. The fourth-order valence-electron chi connectivity index (χ4n) is 3.39. The number of hydrogen-bond donors (Lipinski definition) is 2. The summed E-state index contributed by atoms with van der Waals surface area (Å²) in [6.45, 7) is 8.74. The van der Waals surface area contributed by atoms with Gasteiger partial charge in [-0.2, -0.15) is 5.10 Å². The Morgan fingerprint density at radius 3 is 2.63 bits per heavy atom. The van der Waals surface area contributed by atoms with Gasteiger partial charge in [0.2, 0.25) is 5.91 Å². The van der Waals surface area contributed by atoms with Crippen LogP contribution in [0, 0.1) is 5.92 Å². The van der Waals surface area contributed by atoms with Crippen LogP contribution in [-0.4, -0.2) is 82.2 Å². The summed E-state index contributed by atoms with van der Waals surface area (Å²) in [7, 11) is 1.87. The highest BCUT2D eigenvalue weighted by molar-refractivity contribution is 5.80. The first-order chi connectivity index (χ1) is 13.2. The van der Waals surface area contributed by atoms with E-state index in [1.165, 1.54) is 6.42 Å². The van der Waals surface area contributed by atoms with Crippen LogP contribution in [0.25, 0.3) is 0 Å². The van der Waals surface area contributed by atoms with Crippen molar-refractivity contribution in [2.45, 2.75) is 32.7 Å². The summed E-state index contributed by atoms with van der Waals surface area (Å²) >= 11 is 0. The number of guanidine groups is 1. The molecule has 2 N–H and O–H groups in total. The minimum atomic E-state index is 0.311. The molecule has 3 rings (SSSR count). The van der Waals surface area contributed by atoms with Gasteiger partial charge in [0.1, 0.15) is 18.7 Å². The number of aryl methyl sites for hydroxylation is 1. The molecular formula is C18H32N8O. The van der Waals surface area contributed by atoms with E-state index >= 15 is 0 Å². The van der Waals surface area contributed by atoms with Crippen molar-refractivity contribution in [1.29, 1.82) is 0 Å². The Bertz CT molecular complexity index is 631. The average Bonchev–Trinajstić information content (AvgIpc) is 3.03. The molecule has 1 saturated carbocycles. The first-order valence-electron chi connectivity index (χ1n) is 10.0. The molecular weight excluding hydrogens is 344 g/mol. The van der Waals surface area contributed by atoms with Crippen LogP contribution in [0.15, 0.2) is 11.3 Å². The van der Waals surface area contributed by atoms with Crippen LogP contribution < -0.4 is 10.6 Å². The zero-order valence-electron chi connectivity index (χ0n) is 16.5. The van der Waals surface area contributed by atoms with Gasteiger partial charge < -0.3 is 15.5 Å². The quantitative estimate of drug-likeness (QED) is 0.507. The van der Waals surface area contributed by atoms with Gasteiger partial charge in [0.25, 0.3) is 0 Å². The summed E-state index contributed by atoms with van der Waals surface area (Å²) in [5.74, 6) is 2.31. The smallest absolute Gasteiger partial charge is 0.225 e. The Balaban J connectivity index is 1.37. The maximum Gasteiger partial charge on any atom is 0.225 e. The van der Waals surface area contributed by atoms with E-state index in [0.717, 1.165) is 70.4 Å². The molecule has 9 nitrogen and oxygen atoms in total. The minimum Gasteiger partial charge on any atom is -0.357 e. The Kier molecular flexibility index (Phi) is 7.03. The van der Waals surface area contributed by atoms with Crippen LogP contribution in [0.4, 0.5) is 0 Å². The predicted molar refractivity (Wildman–Crippen MR) is 104 cm³/mol. The molecule has 9 heteroatoms. The van der Waals surface area contributed by atoms with Crippen LogP contribution >= 0.6 is 0 Å². The second-order valence-corrected chi connectivity index (χ2v) is 7.22. The average molecular weight is 377 g/mol. The zero-order valence-corrected chi connectivity index (χ0v) is 16.5. The van der Waals surface area contributed by atoms with E-state index in [1.54, 1.807) is 11.0 Å². The maximum absolute atomic E-state index is 12.3. The number of rotatable bonds is 7. The van der Waals surface area contributed by atoms with Crippen molar-refractivity contribution in [1.82, 2.24) is 35.2 Å². The van der Waals surface area contributed by atoms with Crippen LogP contribution in [0.3, 0.4) is 0 Å². The van der Waals surface area contributed by atoms with Crippen molar-refractivity contribution >= 4 is 11.9 Å². The topological polar surface area (TPSA) is 90.7 Å². The Morgan fingerprint density at radius 1 is 1.26 bits per heavy atom. The van der Waals surface area contributed by atoms with Crippen LogP contribution in [0.5, 0.6) is 0 Å². The Morgan fingerprint density at radius 2 is 2.04 bits per heavy atom. The highest BCUT2D eigenvalue weighted by Crippen LogP contribution is 2.28. The number of aliphatic imine (C=N–C) groups is 1. The molecule has 1 aromatic heterocycles. The van der Waals surface area contributed by atoms with Crippen molar-refractivity contribution in [3.05, 3.63) is 12.2 Å². The van der Waals surface area contributed by atoms with Crippen molar-refractivity contribution in [2.24, 2.45) is 18.0 Å². The molecule has 1 saturated heterocycles. The number of piperazine rings is 1. The SMILES string of the molecule is CCNC(=NCc1ncnn1C)NCCN1CCN(C(=O)C2CCC2)CC1. The van der Waals surface area contributed by atoms with Gasteiger partial charge in [-0.25, -0.2) is 9.98 Å². The van der Waals surface area contributed by atoms with E-state index in [0.29, 0.717) is 18.4 Å². The molecule has 0 unspecified atom stereocenters. The lowest BCUT2D eigenvalue weighted by molar-refractivity contribution is -0.139. The van der Waals surface area contributed by atoms with Gasteiger partial charge in [-0.05, 0) is 19.8 Å². The first kappa shape index (κ1) is 19.6. The van der Waals surface area contributed by atoms with E-state index in [4.69, 9.17) is 0 Å². The molecule has 27 heavy (non-hydrogen) atoms. The standard InChI is InChI=1S/C18H32N8O/c1-3-19-18(21-13-16-22-14-23-24(16)2)20-7-8-25-9-11-26(12-10-25)17(27)15-5-4-6-15/h14-15H,3-13H2,1-2H3,(H2,19,20,21). The maximum atomic E-state index is 12.3. The molecule has 0 atom stereocenters. The molecule has 1 aliphatic heterocycles. The Hall–Kier alpha value is -2.16. The van der Waals surface area contributed by atoms with E-state index in [9.17, 15) is 4.79 Å². The third kappa shape index (κ3) is 5.41. The highest BCUT2D eigenvalue weighted by atomic mass is 16.2. The molecule has 2 aliphatic rings. The molecule has 0 radical (unpaired) electrons. The van der Waals surface area contributed by atoms with E-state index in [1.807, 2.05) is 7.05 Å². The highest BCUT2D eigenvalue weighted by Gasteiger charge is 2.30. The molecule has 0 aromatic carbocycles. The molecule has 2 heterocycles. The molecule has 0 bridgehead atoms. The van der Waals surface area contributed by atoms with E-state index < -0.39 is 0 Å². The van der Waals surface area contributed by atoms with Crippen molar-refractivity contribution in [3.8, 4) is 0 Å². The lowest BCUT2D eigenvalue weighted by atomic mass is 9.84. The monoisotopic (exact) mass is 376 g/mol. The molecule has 150 valence electrons. The number of hydrogen-bond acceptors (Lipinski definition) is 5. The molecule has 1 aromatic rings. The van der Waals surface area contributed by atoms with Crippen LogP contribution in [-0.2, 0) is 18.4 Å². The van der Waals surface area contributed by atoms with Gasteiger partial charge in [0, 0.05) is 58.8 Å². The number of aromatic nitrogens is 3. The summed E-state index contributed by atoms with van der Waals surface area (Å²) in [4.78, 5) is 25.5. The minimum absolute atomic E-state index is 0.311. The summed E-state index contributed by atoms with van der Waals surface area (Å²) in [5.41, 5.74) is 0. The van der Waals surface area contributed by atoms with Crippen LogP contribution in [0.1, 0.15) is 32.0 Å². The molecule has 0 spiro atoms. The van der Waals surface area contributed by atoms with Gasteiger partial charge in [-0.1, -0.05) is 6.42 Å². The second-order valence-electron chi connectivity index (χ2n) is 7.22. The van der Waals surface area contributed by atoms with Gasteiger partial charge in [-0.15, -0.1) is 0 Å². The molecule has 2 fully saturated rings. The van der Waals surface area contributed by atoms with Crippen LogP contribution in [0.2, 0.25) is 0 Å². The lowest BCUT2D eigenvalue weighted by Crippen LogP contribution is -2.52. The second kappa shape index (κ2) is 9.68. The van der Waals surface area contributed by atoms with Gasteiger partial charge in [-0.3, -0.25) is 14.4 Å². The predicted octanol–water partition coefficient (Wildman–Crippen LogP) is -0.185. The number of nitrogens with zero attached hydrogens (tertiary/aromatic N) is 6. The largest absolute Gasteiger partial charge is 0.357 e. The first-order valence-corrected chi connectivity index (χ1v) is 10.0. The summed E-state index contributed by atoms with van der Waals surface area (Å²) in [6, 6.07) is 0. The lowest BCUT2D eigenvalue weighted by Gasteiger charge is -2.38. The van der Waals surface area contributed by atoms with Gasteiger partial charge in [0.05, 0.1) is 0 Å². The van der Waals surface area contributed by atoms with Gasteiger partial charge in [0.15, 0.2) is 5.96 Å². The number of carbonyl (C=O) groups excluding carboxylic acids is 1. The number of amides is 1. The van der Waals surface area contributed by atoms with Gasteiger partial charge >= 0.3 is 0 Å². The van der Waals surface area contributed by atoms with Crippen molar-refractivity contribution in [2.75, 3.05) is 45.8 Å². The number of nitrogens with one attached hydrogen (secondary N) is 2. The number of carbonyl (C=O) groups is 1. The third-order valence-electron chi connectivity index (χ3n) is 5.39. The van der Waals surface area contributed by atoms with Crippen molar-refractivity contribution < 1.29 is 4.79 Å².